The van der Waals surface area contributed by atoms with E-state index in [4.69, 9.17) is 9.47 Å². The van der Waals surface area contributed by atoms with Gasteiger partial charge in [0.1, 0.15) is 5.75 Å². The number of thiophene rings is 1. The van der Waals surface area contributed by atoms with Gasteiger partial charge in [0.05, 0.1) is 25.0 Å². The number of Topliss-reactive ketones (excluding diaryl/α,β-unsaturated/α-hetero) is 1. The predicted molar refractivity (Wildman–Crippen MR) is 86.4 cm³/mol. The Kier molecular flexibility index (Phi) is 3.74. The largest absolute Gasteiger partial charge is 0.496 e. The Morgan fingerprint density at radius 1 is 1.27 bits per heavy atom. The number of hydrogen-bond acceptors (Lipinski definition) is 5. The Labute approximate surface area is 132 Å². The lowest BCUT2D eigenvalue weighted by Gasteiger charge is -2.04. The first-order valence-corrected chi connectivity index (χ1v) is 7.76. The van der Waals surface area contributed by atoms with Crippen LogP contribution in [0.15, 0.2) is 24.8 Å². The van der Waals surface area contributed by atoms with Gasteiger partial charge in [0.25, 0.3) is 0 Å². The van der Waals surface area contributed by atoms with Gasteiger partial charge in [0.15, 0.2) is 5.78 Å². The van der Waals surface area contributed by atoms with Crippen LogP contribution in [0.1, 0.15) is 21.7 Å². The van der Waals surface area contributed by atoms with Crippen molar-refractivity contribution in [1.82, 2.24) is 0 Å². The van der Waals surface area contributed by atoms with E-state index < -0.39 is 0 Å². The Morgan fingerprint density at radius 3 is 2.68 bits per heavy atom. The molecule has 1 aromatic carbocycles. The van der Waals surface area contributed by atoms with Crippen LogP contribution >= 0.6 is 11.3 Å². The number of hydrogen-bond donors (Lipinski definition) is 0. The van der Waals surface area contributed by atoms with Crippen LogP contribution in [0.2, 0.25) is 0 Å². The Morgan fingerprint density at radius 2 is 2.05 bits per heavy atom. The van der Waals surface area contributed by atoms with E-state index in [2.05, 4.69) is 6.58 Å². The van der Waals surface area contributed by atoms with E-state index in [1.807, 2.05) is 18.2 Å². The quantitative estimate of drug-likeness (QED) is 0.625. The number of carbonyl (C=O) groups excluding carboxylic acids is 2. The van der Waals surface area contributed by atoms with E-state index in [1.54, 1.807) is 13.2 Å². The Hall–Kier alpha value is -2.14. The van der Waals surface area contributed by atoms with Gasteiger partial charge in [-0.2, -0.15) is 0 Å². The fraction of sp³-hybridized carbons (Fsp3) is 0.294. The van der Waals surface area contributed by atoms with E-state index in [0.29, 0.717) is 11.3 Å². The first-order chi connectivity index (χ1) is 10.6. The number of methoxy groups -OCH3 is 2. The average molecular weight is 316 g/mol. The summed E-state index contributed by atoms with van der Waals surface area (Å²) < 4.78 is 11.0. The first-order valence-electron chi connectivity index (χ1n) is 6.95. The molecular formula is C17H16O4S. The number of esters is 1. The summed E-state index contributed by atoms with van der Waals surface area (Å²) in [5.74, 6) is -0.0460. The molecule has 0 spiro atoms. The third-order valence-corrected chi connectivity index (χ3v) is 5.07. The van der Waals surface area contributed by atoms with Crippen LogP contribution in [-0.4, -0.2) is 26.0 Å². The minimum atomic E-state index is -0.296. The monoisotopic (exact) mass is 316 g/mol. The predicted octanol–water partition coefficient (Wildman–Crippen LogP) is 3.54. The van der Waals surface area contributed by atoms with E-state index in [9.17, 15) is 9.59 Å². The Balaban J connectivity index is 1.91. The molecule has 1 saturated carbocycles. The lowest BCUT2D eigenvalue weighted by atomic mass is 10.1. The zero-order chi connectivity index (χ0) is 15.9. The van der Waals surface area contributed by atoms with E-state index in [-0.39, 0.29) is 23.6 Å². The van der Waals surface area contributed by atoms with Crippen LogP contribution in [0.25, 0.3) is 16.2 Å². The third kappa shape index (κ3) is 2.41. The van der Waals surface area contributed by atoms with Gasteiger partial charge in [0.2, 0.25) is 0 Å². The van der Waals surface area contributed by atoms with E-state index in [0.717, 1.165) is 21.4 Å². The second-order valence-corrected chi connectivity index (χ2v) is 6.37. The highest BCUT2D eigenvalue weighted by molar-refractivity contribution is 7.20. The summed E-state index contributed by atoms with van der Waals surface area (Å²) in [5.41, 5.74) is 0.894. The molecule has 1 heterocycles. The number of rotatable bonds is 5. The molecule has 4 nitrogen and oxygen atoms in total. The highest BCUT2D eigenvalue weighted by atomic mass is 32.1. The van der Waals surface area contributed by atoms with Crippen LogP contribution < -0.4 is 4.74 Å². The second kappa shape index (κ2) is 5.57. The standard InChI is InChI=1S/C17H16O4S/c1-4-9-5-10-6-15(22-14(10)8-13(9)20-2)16(18)11-7-12(11)17(19)21-3/h4-6,8,11-12H,1,7H2,2-3H3. The molecule has 22 heavy (non-hydrogen) atoms. The van der Waals surface area contributed by atoms with Crippen molar-refractivity contribution in [2.45, 2.75) is 6.42 Å². The molecular weight excluding hydrogens is 300 g/mol. The van der Waals surface area contributed by atoms with Gasteiger partial charge in [-0.05, 0) is 30.0 Å². The van der Waals surface area contributed by atoms with Gasteiger partial charge >= 0.3 is 5.97 Å². The summed E-state index contributed by atoms with van der Waals surface area (Å²) in [6.45, 7) is 3.77. The summed E-state index contributed by atoms with van der Waals surface area (Å²) in [6.07, 6.45) is 2.31. The molecule has 1 aliphatic rings. The molecule has 2 atom stereocenters. The van der Waals surface area contributed by atoms with Crippen LogP contribution in [0.4, 0.5) is 0 Å². The molecule has 1 aromatic heterocycles. The molecule has 5 heteroatoms. The smallest absolute Gasteiger partial charge is 0.309 e. The van der Waals surface area contributed by atoms with Crippen LogP contribution in [0, 0.1) is 11.8 Å². The van der Waals surface area contributed by atoms with Crippen LogP contribution in [0.3, 0.4) is 0 Å². The number of benzene rings is 1. The molecule has 0 aliphatic heterocycles. The fourth-order valence-corrected chi connectivity index (χ4v) is 3.70. The van der Waals surface area contributed by atoms with Gasteiger partial charge in [-0.3, -0.25) is 9.59 Å². The lowest BCUT2D eigenvalue weighted by Crippen LogP contribution is -2.09. The van der Waals surface area contributed by atoms with Crippen LogP contribution in [0.5, 0.6) is 5.75 Å². The first kappa shape index (κ1) is 14.8. The SMILES string of the molecule is C=Cc1cc2cc(C(=O)C3CC3C(=O)OC)sc2cc1OC. The van der Waals surface area contributed by atoms with Gasteiger partial charge in [-0.25, -0.2) is 0 Å². The van der Waals surface area contributed by atoms with E-state index >= 15 is 0 Å². The highest BCUT2D eigenvalue weighted by Gasteiger charge is 2.49. The van der Waals surface area contributed by atoms with Crippen molar-refractivity contribution in [1.29, 1.82) is 0 Å². The summed E-state index contributed by atoms with van der Waals surface area (Å²) in [6, 6.07) is 5.75. The maximum atomic E-state index is 12.5. The van der Waals surface area contributed by atoms with Crippen molar-refractivity contribution < 1.29 is 19.1 Å². The highest BCUT2D eigenvalue weighted by Crippen LogP contribution is 2.44. The minimum absolute atomic E-state index is 0.0238. The molecule has 0 saturated heterocycles. The van der Waals surface area contributed by atoms with Gasteiger partial charge in [0, 0.05) is 16.2 Å². The number of ketones is 1. The van der Waals surface area contributed by atoms with Crippen molar-refractivity contribution >= 4 is 39.3 Å². The number of carbonyl (C=O) groups is 2. The molecule has 0 radical (unpaired) electrons. The summed E-state index contributed by atoms with van der Waals surface area (Å²) in [5, 5.41) is 0.985. The fourth-order valence-electron chi connectivity index (χ4n) is 2.62. The molecule has 3 rings (SSSR count). The third-order valence-electron chi connectivity index (χ3n) is 3.96. The summed E-state index contributed by atoms with van der Waals surface area (Å²) in [7, 11) is 2.96. The number of fused-ring (bicyclic) bond motifs is 1. The van der Waals surface area contributed by atoms with Gasteiger partial charge in [-0.1, -0.05) is 12.7 Å². The van der Waals surface area contributed by atoms with Gasteiger partial charge < -0.3 is 9.47 Å². The van der Waals surface area contributed by atoms with Gasteiger partial charge in [-0.15, -0.1) is 11.3 Å². The molecule has 0 bridgehead atoms. The van der Waals surface area contributed by atoms with Crippen molar-refractivity contribution in [3.63, 3.8) is 0 Å². The summed E-state index contributed by atoms with van der Waals surface area (Å²) in [4.78, 5) is 24.6. The lowest BCUT2D eigenvalue weighted by molar-refractivity contribution is -0.142. The van der Waals surface area contributed by atoms with Crippen molar-refractivity contribution in [2.75, 3.05) is 14.2 Å². The molecule has 0 amide bonds. The minimum Gasteiger partial charge on any atom is -0.496 e. The molecule has 1 aliphatic carbocycles. The molecule has 0 N–H and O–H groups in total. The maximum Gasteiger partial charge on any atom is 0.309 e. The topological polar surface area (TPSA) is 52.6 Å². The normalized spacial score (nSPS) is 19.7. The second-order valence-electron chi connectivity index (χ2n) is 5.28. The zero-order valence-electron chi connectivity index (χ0n) is 12.4. The molecule has 1 fully saturated rings. The maximum absolute atomic E-state index is 12.5. The summed E-state index contributed by atoms with van der Waals surface area (Å²) >= 11 is 1.43. The van der Waals surface area contributed by atoms with Crippen LogP contribution in [-0.2, 0) is 9.53 Å². The zero-order valence-corrected chi connectivity index (χ0v) is 13.2. The molecule has 114 valence electrons. The Bertz CT molecular complexity index is 774. The van der Waals surface area contributed by atoms with E-state index in [1.165, 1.54) is 18.4 Å². The van der Waals surface area contributed by atoms with Crippen molar-refractivity contribution in [3.05, 3.63) is 35.2 Å². The molecule has 2 aromatic rings. The number of ether oxygens (including phenoxy) is 2. The van der Waals surface area contributed by atoms with Crippen molar-refractivity contribution in [3.8, 4) is 5.75 Å². The molecule has 2 unspecified atom stereocenters. The average Bonchev–Trinajstić information content (AvgIpc) is 3.24. The van der Waals surface area contributed by atoms with Crippen molar-refractivity contribution in [2.24, 2.45) is 11.8 Å².